The molecule has 0 aliphatic rings. The van der Waals surface area contributed by atoms with Gasteiger partial charge in [-0.05, 0) is 18.6 Å². The van der Waals surface area contributed by atoms with Gasteiger partial charge in [0.2, 0.25) is 10.0 Å². The monoisotopic (exact) mass is 382 g/mol. The summed E-state index contributed by atoms with van der Waals surface area (Å²) < 4.78 is 32.1. The van der Waals surface area contributed by atoms with E-state index in [4.69, 9.17) is 9.84 Å². The molecule has 0 heterocycles. The average Bonchev–Trinajstić information content (AvgIpc) is 2.38. The molecule has 0 spiro atoms. The first-order valence-corrected chi connectivity index (χ1v) is 8.15. The number of nitrogens with zero attached hydrogens (tertiary/aromatic N) is 1. The Balaban J connectivity index is 3.17. The number of aliphatic hydroxyl groups excluding tert-OH is 1. The van der Waals surface area contributed by atoms with Crippen LogP contribution >= 0.6 is 15.9 Å². The van der Waals surface area contributed by atoms with E-state index in [0.29, 0.717) is 4.47 Å². The van der Waals surface area contributed by atoms with Crippen LogP contribution in [0.5, 0.6) is 0 Å². The largest absolute Gasteiger partial charge is 0.396 e. The van der Waals surface area contributed by atoms with E-state index in [0.717, 1.165) is 12.1 Å². The molecule has 0 radical (unpaired) electrons. The molecule has 0 amide bonds. The Bertz CT molecular complexity index is 601. The zero-order chi connectivity index (χ0) is 16.0. The van der Waals surface area contributed by atoms with Crippen LogP contribution in [0.4, 0.5) is 5.69 Å². The van der Waals surface area contributed by atoms with Crippen LogP contribution in [0, 0.1) is 10.1 Å². The maximum absolute atomic E-state index is 12.3. The summed E-state index contributed by atoms with van der Waals surface area (Å²) in [6.45, 7) is -0.196. The molecule has 21 heavy (non-hydrogen) atoms. The van der Waals surface area contributed by atoms with Crippen LogP contribution in [0.25, 0.3) is 0 Å². The number of nitro groups is 1. The molecule has 118 valence electrons. The molecule has 0 aromatic heterocycles. The zero-order valence-corrected chi connectivity index (χ0v) is 13.6. The lowest BCUT2D eigenvalue weighted by Gasteiger charge is -2.17. The molecule has 1 rings (SSSR count). The van der Waals surface area contributed by atoms with Gasteiger partial charge in [0.1, 0.15) is 0 Å². The lowest BCUT2D eigenvalue weighted by Crippen LogP contribution is -2.38. The van der Waals surface area contributed by atoms with E-state index in [-0.39, 0.29) is 19.6 Å². The summed E-state index contributed by atoms with van der Waals surface area (Å²) in [7, 11) is -2.73. The lowest BCUT2D eigenvalue weighted by molar-refractivity contribution is -0.387. The Labute approximate surface area is 130 Å². The minimum atomic E-state index is -4.11. The third-order valence-electron chi connectivity index (χ3n) is 2.58. The number of halogens is 1. The van der Waals surface area contributed by atoms with Gasteiger partial charge in [-0.2, -0.15) is 0 Å². The van der Waals surface area contributed by atoms with Gasteiger partial charge in [0.05, 0.1) is 11.5 Å². The summed E-state index contributed by atoms with van der Waals surface area (Å²) in [6.07, 6.45) is 0.134. The van der Waals surface area contributed by atoms with Crippen molar-refractivity contribution in [2.24, 2.45) is 0 Å². The summed E-state index contributed by atoms with van der Waals surface area (Å²) in [5.41, 5.74) is -0.522. The number of aliphatic hydroxyl groups is 1. The van der Waals surface area contributed by atoms with Crippen molar-refractivity contribution in [2.45, 2.75) is 17.4 Å². The molecule has 0 aliphatic heterocycles. The second kappa shape index (κ2) is 7.80. The number of hydrogen-bond acceptors (Lipinski definition) is 6. The fraction of sp³-hybridized carbons (Fsp3) is 0.455. The van der Waals surface area contributed by atoms with E-state index in [1.807, 2.05) is 0 Å². The quantitative estimate of drug-likeness (QED) is 0.511. The molecule has 0 aliphatic carbocycles. The number of sulfonamides is 1. The molecule has 1 aromatic carbocycles. The van der Waals surface area contributed by atoms with Crippen LogP contribution in [-0.2, 0) is 14.8 Å². The predicted octanol–water partition coefficient (Wildman–Crippen LogP) is 1.03. The summed E-state index contributed by atoms with van der Waals surface area (Å²) in [5.74, 6) is 0. The van der Waals surface area contributed by atoms with Crippen LogP contribution in [0.2, 0.25) is 0 Å². The number of benzene rings is 1. The van der Waals surface area contributed by atoms with Gasteiger partial charge >= 0.3 is 0 Å². The van der Waals surface area contributed by atoms with E-state index in [1.54, 1.807) is 0 Å². The molecule has 0 bridgehead atoms. The fourth-order valence-corrected chi connectivity index (χ4v) is 3.63. The number of nitrogens with one attached hydrogen (secondary N) is 1. The summed E-state index contributed by atoms with van der Waals surface area (Å²) in [5, 5.41) is 19.9. The van der Waals surface area contributed by atoms with Gasteiger partial charge in [-0.1, -0.05) is 15.9 Å². The SMILES string of the molecule is COCC(CCO)NS(=O)(=O)c1cc(Br)ccc1[N+](=O)[O-]. The standard InChI is InChI=1S/C11H15BrN2O6S/c1-20-7-9(4-5-15)13-21(18,19)11-6-8(12)2-3-10(11)14(16)17/h2-3,6,9,13,15H,4-5,7H2,1H3. The molecule has 1 atom stereocenters. The van der Waals surface area contributed by atoms with Crippen molar-refractivity contribution in [3.05, 3.63) is 32.8 Å². The highest BCUT2D eigenvalue weighted by molar-refractivity contribution is 9.10. The van der Waals surface area contributed by atoms with Crippen LogP contribution in [0.1, 0.15) is 6.42 Å². The summed E-state index contributed by atoms with van der Waals surface area (Å²) in [4.78, 5) is 9.74. The van der Waals surface area contributed by atoms with Crippen molar-refractivity contribution < 1.29 is 23.2 Å². The molecule has 2 N–H and O–H groups in total. The average molecular weight is 383 g/mol. The van der Waals surface area contributed by atoms with E-state index in [9.17, 15) is 18.5 Å². The number of hydrogen-bond donors (Lipinski definition) is 2. The van der Waals surface area contributed by atoms with E-state index >= 15 is 0 Å². The topological polar surface area (TPSA) is 119 Å². The third kappa shape index (κ3) is 5.00. The lowest BCUT2D eigenvalue weighted by atomic mass is 10.2. The smallest absolute Gasteiger partial charge is 0.289 e. The number of methoxy groups -OCH3 is 1. The van der Waals surface area contributed by atoms with Crippen molar-refractivity contribution in [3.63, 3.8) is 0 Å². The second-order valence-electron chi connectivity index (χ2n) is 4.15. The van der Waals surface area contributed by atoms with E-state index < -0.39 is 31.6 Å². The van der Waals surface area contributed by atoms with Crippen LogP contribution in [0.15, 0.2) is 27.6 Å². The zero-order valence-electron chi connectivity index (χ0n) is 11.2. The van der Waals surface area contributed by atoms with E-state index in [1.165, 1.54) is 13.2 Å². The van der Waals surface area contributed by atoms with Crippen molar-refractivity contribution in [1.29, 1.82) is 0 Å². The number of rotatable bonds is 8. The van der Waals surface area contributed by atoms with Gasteiger partial charge in [0.15, 0.2) is 4.90 Å². The van der Waals surface area contributed by atoms with Gasteiger partial charge in [-0.25, -0.2) is 13.1 Å². The number of ether oxygens (including phenoxy) is 1. The Kier molecular flexibility index (Phi) is 6.68. The minimum Gasteiger partial charge on any atom is -0.396 e. The Morgan fingerprint density at radius 1 is 1.52 bits per heavy atom. The van der Waals surface area contributed by atoms with Gasteiger partial charge in [0.25, 0.3) is 5.69 Å². The fourth-order valence-electron chi connectivity index (χ4n) is 1.67. The molecule has 0 fully saturated rings. The van der Waals surface area contributed by atoms with Crippen LogP contribution in [-0.4, -0.2) is 44.8 Å². The van der Waals surface area contributed by atoms with Crippen molar-refractivity contribution in [1.82, 2.24) is 4.72 Å². The first-order chi connectivity index (χ1) is 9.81. The molecule has 10 heteroatoms. The van der Waals surface area contributed by atoms with Crippen molar-refractivity contribution in [3.8, 4) is 0 Å². The molecule has 0 saturated heterocycles. The van der Waals surface area contributed by atoms with Gasteiger partial charge in [-0.3, -0.25) is 10.1 Å². The molecule has 1 aromatic rings. The highest BCUT2D eigenvalue weighted by Gasteiger charge is 2.28. The highest BCUT2D eigenvalue weighted by Crippen LogP contribution is 2.27. The number of nitro benzene ring substituents is 1. The molecular formula is C11H15BrN2O6S. The van der Waals surface area contributed by atoms with E-state index in [2.05, 4.69) is 20.7 Å². The second-order valence-corrected chi connectivity index (χ2v) is 6.75. The molecule has 1 unspecified atom stereocenters. The first-order valence-electron chi connectivity index (χ1n) is 5.88. The Morgan fingerprint density at radius 2 is 2.19 bits per heavy atom. The van der Waals surface area contributed by atoms with Crippen LogP contribution in [0.3, 0.4) is 0 Å². The van der Waals surface area contributed by atoms with Crippen molar-refractivity contribution >= 4 is 31.6 Å². The van der Waals surface area contributed by atoms with Crippen LogP contribution < -0.4 is 4.72 Å². The Hall–Kier alpha value is -1.07. The van der Waals surface area contributed by atoms with Gasteiger partial charge in [0, 0.05) is 30.3 Å². The third-order valence-corrected chi connectivity index (χ3v) is 4.62. The molecular weight excluding hydrogens is 368 g/mol. The highest BCUT2D eigenvalue weighted by atomic mass is 79.9. The van der Waals surface area contributed by atoms with Gasteiger partial charge in [-0.15, -0.1) is 0 Å². The maximum Gasteiger partial charge on any atom is 0.289 e. The first kappa shape index (κ1) is 18.0. The summed E-state index contributed by atoms with van der Waals surface area (Å²) >= 11 is 3.09. The van der Waals surface area contributed by atoms with Gasteiger partial charge < -0.3 is 9.84 Å². The minimum absolute atomic E-state index is 0.0432. The maximum atomic E-state index is 12.3. The van der Waals surface area contributed by atoms with Crippen molar-refractivity contribution in [2.75, 3.05) is 20.3 Å². The summed E-state index contributed by atoms with van der Waals surface area (Å²) in [6, 6.07) is 2.97. The Morgan fingerprint density at radius 3 is 2.71 bits per heavy atom. The normalized spacial score (nSPS) is 13.1. The predicted molar refractivity (Wildman–Crippen MR) is 78.5 cm³/mol. The molecule has 8 nitrogen and oxygen atoms in total. The molecule has 0 saturated carbocycles.